The maximum atomic E-state index is 2.45. The maximum Gasteiger partial charge on any atom is 0.0547 e. The third-order valence-corrected chi connectivity index (χ3v) is 14.2. The molecule has 0 amide bonds. The van der Waals surface area contributed by atoms with Gasteiger partial charge in [-0.1, -0.05) is 231 Å². The smallest absolute Gasteiger partial charge is 0.0547 e. The first-order valence-electron chi connectivity index (χ1n) is 24.7. The Kier molecular flexibility index (Phi) is 10.9. The van der Waals surface area contributed by atoms with Gasteiger partial charge in [0.1, 0.15) is 0 Å². The highest BCUT2D eigenvalue weighted by Crippen LogP contribution is 2.43. The lowest BCUT2D eigenvalue weighted by molar-refractivity contribution is 1.20. The van der Waals surface area contributed by atoms with E-state index in [2.05, 4.69) is 301 Å². The third-order valence-electron chi connectivity index (χ3n) is 14.2. The van der Waals surface area contributed by atoms with Gasteiger partial charge in [-0.15, -0.1) is 0 Å². The summed E-state index contributed by atoms with van der Waals surface area (Å²) < 4.78 is 2.45. The van der Waals surface area contributed by atoms with Crippen LogP contribution in [0, 0.1) is 0 Å². The summed E-state index contributed by atoms with van der Waals surface area (Å²) in [5.41, 5.74) is 21.1. The predicted molar refractivity (Wildman–Crippen MR) is 306 cm³/mol. The van der Waals surface area contributed by atoms with Crippen molar-refractivity contribution in [3.63, 3.8) is 0 Å². The molecule has 0 unspecified atom stereocenters. The predicted octanol–water partition coefficient (Wildman–Crippen LogP) is 19.4. The van der Waals surface area contributed by atoms with Crippen molar-refractivity contribution in [2.45, 2.75) is 0 Å². The molecular formula is C70H48N2. The van der Waals surface area contributed by atoms with E-state index in [9.17, 15) is 0 Å². The van der Waals surface area contributed by atoms with E-state index in [1.54, 1.807) is 0 Å². The van der Waals surface area contributed by atoms with E-state index in [4.69, 9.17) is 0 Å². The molecule has 0 aliphatic carbocycles. The fraction of sp³-hybridized carbons (Fsp3) is 0. The molecule has 0 aliphatic heterocycles. The van der Waals surface area contributed by atoms with Gasteiger partial charge in [-0.3, -0.25) is 0 Å². The number of hydrogen-bond donors (Lipinski definition) is 0. The van der Waals surface area contributed by atoms with Crippen LogP contribution in [-0.2, 0) is 0 Å². The minimum absolute atomic E-state index is 1.08. The molecule has 2 nitrogen and oxygen atoms in total. The molecule has 2 heteroatoms. The lowest BCUT2D eigenvalue weighted by Gasteiger charge is -2.26. The van der Waals surface area contributed by atoms with Crippen molar-refractivity contribution in [3.05, 3.63) is 291 Å². The second kappa shape index (κ2) is 18.4. The average molecular weight is 917 g/mol. The lowest BCUT2D eigenvalue weighted by Crippen LogP contribution is -2.10. The highest BCUT2D eigenvalue weighted by atomic mass is 15.1. The molecule has 338 valence electrons. The van der Waals surface area contributed by atoms with Crippen LogP contribution >= 0.6 is 0 Å². The lowest BCUT2D eigenvalue weighted by atomic mass is 9.95. The fourth-order valence-corrected chi connectivity index (χ4v) is 10.6. The monoisotopic (exact) mass is 916 g/mol. The standard InChI is InChI=1S/C70H48N2/c1-3-15-49(16-4-1)51-31-35-53(36-32-51)55-39-43-61(44-40-55)71(62-45-41-56(42-46-62)54-37-33-52(34-38-54)50-17-5-2-6-18-50)63-24-12-22-59(48-63)58-21-11-23-60(47-58)65-27-14-30-69-70(65)66-26-9-10-28-68(66)72(69)67-29-13-20-57-19-7-8-25-64(57)67/h1-48H. The Morgan fingerprint density at radius 3 is 1.24 bits per heavy atom. The van der Waals surface area contributed by atoms with Crippen molar-refractivity contribution < 1.29 is 0 Å². The van der Waals surface area contributed by atoms with Gasteiger partial charge in [0.2, 0.25) is 0 Å². The molecule has 0 bridgehead atoms. The van der Waals surface area contributed by atoms with E-state index in [1.165, 1.54) is 93.9 Å². The quantitative estimate of drug-likeness (QED) is 0.133. The molecule has 0 saturated carbocycles. The molecule has 0 radical (unpaired) electrons. The minimum Gasteiger partial charge on any atom is -0.310 e. The molecule has 0 spiro atoms. The summed E-state index contributed by atoms with van der Waals surface area (Å²) in [5, 5.41) is 4.96. The van der Waals surface area contributed by atoms with E-state index in [0.29, 0.717) is 0 Å². The summed E-state index contributed by atoms with van der Waals surface area (Å²) in [6.07, 6.45) is 0. The summed E-state index contributed by atoms with van der Waals surface area (Å²) in [7, 11) is 0. The van der Waals surface area contributed by atoms with Gasteiger partial charge in [-0.25, -0.2) is 0 Å². The number of rotatable bonds is 10. The normalized spacial score (nSPS) is 11.3. The van der Waals surface area contributed by atoms with Crippen LogP contribution in [0.2, 0.25) is 0 Å². The SMILES string of the molecule is c1ccc(-c2ccc(-c3ccc(N(c4ccc(-c5ccc(-c6ccccc6)cc5)cc4)c4cccc(-c5cccc(-c6cccc7c6c6ccccc6n7-c6cccc7ccccc67)c5)c4)cc3)cc2)cc1. The Morgan fingerprint density at radius 1 is 0.236 bits per heavy atom. The maximum absolute atomic E-state index is 2.45. The Hall–Kier alpha value is -9.50. The van der Waals surface area contributed by atoms with Crippen LogP contribution in [0.1, 0.15) is 0 Å². The molecule has 0 N–H and O–H groups in total. The Balaban J connectivity index is 0.875. The highest BCUT2D eigenvalue weighted by molar-refractivity contribution is 6.16. The zero-order valence-corrected chi connectivity index (χ0v) is 39.6. The van der Waals surface area contributed by atoms with Crippen molar-refractivity contribution in [3.8, 4) is 72.4 Å². The second-order valence-corrected chi connectivity index (χ2v) is 18.5. The van der Waals surface area contributed by atoms with E-state index < -0.39 is 0 Å². The summed E-state index contributed by atoms with van der Waals surface area (Å²) in [5.74, 6) is 0. The zero-order chi connectivity index (χ0) is 47.8. The van der Waals surface area contributed by atoms with Crippen molar-refractivity contribution in [1.29, 1.82) is 0 Å². The number of aromatic nitrogens is 1. The van der Waals surface area contributed by atoms with Gasteiger partial charge in [0.05, 0.1) is 16.7 Å². The van der Waals surface area contributed by atoms with Crippen molar-refractivity contribution >= 4 is 49.6 Å². The molecule has 0 aliphatic rings. The van der Waals surface area contributed by atoms with Gasteiger partial charge in [0.15, 0.2) is 0 Å². The molecule has 0 saturated heterocycles. The fourth-order valence-electron chi connectivity index (χ4n) is 10.6. The van der Waals surface area contributed by atoms with E-state index in [-0.39, 0.29) is 0 Å². The summed E-state index contributed by atoms with van der Waals surface area (Å²) in [6, 6.07) is 106. The summed E-state index contributed by atoms with van der Waals surface area (Å²) >= 11 is 0. The Bertz CT molecular complexity index is 3910. The average Bonchev–Trinajstić information content (AvgIpc) is 3.80. The van der Waals surface area contributed by atoms with E-state index >= 15 is 0 Å². The van der Waals surface area contributed by atoms with Gasteiger partial charge in [-0.2, -0.15) is 0 Å². The minimum atomic E-state index is 1.08. The molecular weight excluding hydrogens is 869 g/mol. The van der Waals surface area contributed by atoms with Crippen molar-refractivity contribution in [2.24, 2.45) is 0 Å². The van der Waals surface area contributed by atoms with Crippen LogP contribution in [0.5, 0.6) is 0 Å². The third kappa shape index (κ3) is 7.92. The number of anilines is 3. The molecule has 13 aromatic rings. The second-order valence-electron chi connectivity index (χ2n) is 18.5. The molecule has 12 aromatic carbocycles. The van der Waals surface area contributed by atoms with E-state index in [0.717, 1.165) is 28.2 Å². The topological polar surface area (TPSA) is 8.17 Å². The van der Waals surface area contributed by atoms with Gasteiger partial charge in [-0.05, 0) is 133 Å². The largest absolute Gasteiger partial charge is 0.310 e. The summed E-state index contributed by atoms with van der Waals surface area (Å²) in [4.78, 5) is 2.38. The van der Waals surface area contributed by atoms with Crippen LogP contribution in [0.3, 0.4) is 0 Å². The molecule has 0 atom stereocenters. The van der Waals surface area contributed by atoms with Gasteiger partial charge in [0.25, 0.3) is 0 Å². The molecule has 13 rings (SSSR count). The van der Waals surface area contributed by atoms with E-state index in [1.807, 2.05) is 0 Å². The van der Waals surface area contributed by atoms with Crippen LogP contribution in [-0.4, -0.2) is 4.57 Å². The highest BCUT2D eigenvalue weighted by Gasteiger charge is 2.19. The number of nitrogens with zero attached hydrogens (tertiary/aromatic N) is 2. The number of fused-ring (bicyclic) bond motifs is 4. The van der Waals surface area contributed by atoms with Gasteiger partial charge < -0.3 is 9.47 Å². The van der Waals surface area contributed by atoms with Crippen LogP contribution < -0.4 is 4.90 Å². The Labute approximate surface area is 420 Å². The zero-order valence-electron chi connectivity index (χ0n) is 39.6. The van der Waals surface area contributed by atoms with Crippen molar-refractivity contribution in [1.82, 2.24) is 4.57 Å². The molecule has 1 aromatic heterocycles. The van der Waals surface area contributed by atoms with Gasteiger partial charge >= 0.3 is 0 Å². The number of hydrogen-bond acceptors (Lipinski definition) is 1. The van der Waals surface area contributed by atoms with Crippen LogP contribution in [0.15, 0.2) is 291 Å². The molecule has 72 heavy (non-hydrogen) atoms. The van der Waals surface area contributed by atoms with Crippen molar-refractivity contribution in [2.75, 3.05) is 4.90 Å². The first kappa shape index (κ1) is 42.6. The Morgan fingerprint density at radius 2 is 0.639 bits per heavy atom. The van der Waals surface area contributed by atoms with Crippen LogP contribution in [0.25, 0.3) is 105 Å². The summed E-state index contributed by atoms with van der Waals surface area (Å²) in [6.45, 7) is 0. The first-order chi connectivity index (χ1) is 35.7. The number of para-hydroxylation sites is 1. The first-order valence-corrected chi connectivity index (χ1v) is 24.7. The van der Waals surface area contributed by atoms with Gasteiger partial charge in [0, 0.05) is 33.2 Å². The molecule has 0 fully saturated rings. The van der Waals surface area contributed by atoms with Crippen LogP contribution in [0.4, 0.5) is 17.1 Å². The molecule has 1 heterocycles. The number of benzene rings is 12.